The fourth-order valence-corrected chi connectivity index (χ4v) is 4.77. The minimum Gasteiger partial charge on any atom is -0.350 e. The van der Waals surface area contributed by atoms with Gasteiger partial charge in [0.05, 0.1) is 22.0 Å². The molecule has 0 unspecified atom stereocenters. The number of hydrogen-bond donors (Lipinski definition) is 1. The maximum absolute atomic E-state index is 13.6. The van der Waals surface area contributed by atoms with Crippen LogP contribution in [0, 0.1) is 0 Å². The van der Waals surface area contributed by atoms with Crippen LogP contribution >= 0.6 is 34.8 Å². The van der Waals surface area contributed by atoms with Crippen molar-refractivity contribution >= 4 is 62.3 Å². The van der Waals surface area contributed by atoms with Gasteiger partial charge in [0.2, 0.25) is 21.8 Å². The first-order valence-electron chi connectivity index (χ1n) is 10.9. The molecule has 2 amide bonds. The van der Waals surface area contributed by atoms with Crippen molar-refractivity contribution in [2.75, 3.05) is 17.1 Å². The van der Waals surface area contributed by atoms with Crippen molar-refractivity contribution in [1.29, 1.82) is 0 Å². The molecule has 7 nitrogen and oxygen atoms in total. The molecule has 2 aromatic carbocycles. The Labute approximate surface area is 222 Å². The number of nitrogens with zero attached hydrogens (tertiary/aromatic N) is 2. The monoisotopic (exact) mass is 561 g/mol. The molecular weight excluding hydrogens is 533 g/mol. The number of amides is 2. The largest absolute Gasteiger partial charge is 0.350 e. The van der Waals surface area contributed by atoms with E-state index in [1.165, 1.54) is 23.1 Å². The van der Waals surface area contributed by atoms with E-state index < -0.39 is 34.1 Å². The van der Waals surface area contributed by atoms with E-state index in [1.807, 2.05) is 20.8 Å². The SMILES string of the molecule is CC[C@H](C(=O)NC(C)(C)C)N(Cc1ccccc1Cl)C(=O)CN(c1ccc(Cl)c(Cl)c1)S(C)(=O)=O. The fourth-order valence-electron chi connectivity index (χ4n) is 3.44. The number of anilines is 1. The van der Waals surface area contributed by atoms with Crippen LogP contribution < -0.4 is 9.62 Å². The van der Waals surface area contributed by atoms with Gasteiger partial charge in [0, 0.05) is 17.1 Å². The summed E-state index contributed by atoms with van der Waals surface area (Å²) >= 11 is 18.4. The van der Waals surface area contributed by atoms with Crippen molar-refractivity contribution in [3.63, 3.8) is 0 Å². The minimum atomic E-state index is -3.88. The Morgan fingerprint density at radius 1 is 1.00 bits per heavy atom. The molecule has 0 bridgehead atoms. The van der Waals surface area contributed by atoms with E-state index in [9.17, 15) is 18.0 Å². The van der Waals surface area contributed by atoms with E-state index in [0.717, 1.165) is 10.6 Å². The van der Waals surface area contributed by atoms with Gasteiger partial charge in [-0.05, 0) is 57.0 Å². The third kappa shape index (κ3) is 8.27. The Balaban J connectivity index is 2.49. The summed E-state index contributed by atoms with van der Waals surface area (Å²) in [6, 6.07) is 10.4. The van der Waals surface area contributed by atoms with Crippen LogP contribution in [0.5, 0.6) is 0 Å². The lowest BCUT2D eigenvalue weighted by Gasteiger charge is -2.34. The topological polar surface area (TPSA) is 86.8 Å². The van der Waals surface area contributed by atoms with Crippen LogP contribution in [0.3, 0.4) is 0 Å². The summed E-state index contributed by atoms with van der Waals surface area (Å²) in [4.78, 5) is 28.2. The highest BCUT2D eigenvalue weighted by Gasteiger charge is 2.33. The summed E-state index contributed by atoms with van der Waals surface area (Å²) in [5.41, 5.74) is 0.285. The molecule has 0 radical (unpaired) electrons. The van der Waals surface area contributed by atoms with Gasteiger partial charge in [0.1, 0.15) is 12.6 Å². The van der Waals surface area contributed by atoms with Gasteiger partial charge < -0.3 is 10.2 Å². The number of benzene rings is 2. The van der Waals surface area contributed by atoms with E-state index in [0.29, 0.717) is 17.0 Å². The van der Waals surface area contributed by atoms with Gasteiger partial charge in [0.15, 0.2) is 0 Å². The van der Waals surface area contributed by atoms with E-state index in [2.05, 4.69) is 5.32 Å². The molecule has 0 aliphatic rings. The van der Waals surface area contributed by atoms with Crippen LogP contribution in [0.4, 0.5) is 5.69 Å². The second kappa shape index (κ2) is 11.8. The normalized spacial score (nSPS) is 12.7. The van der Waals surface area contributed by atoms with Crippen molar-refractivity contribution in [2.24, 2.45) is 0 Å². The first kappa shape index (κ1) is 29.2. The lowest BCUT2D eigenvalue weighted by molar-refractivity contribution is -0.141. The zero-order valence-electron chi connectivity index (χ0n) is 20.3. The molecule has 0 saturated heterocycles. The fraction of sp³-hybridized carbons (Fsp3) is 0.417. The Hall–Kier alpha value is -2.00. The van der Waals surface area contributed by atoms with Crippen LogP contribution in [0.1, 0.15) is 39.7 Å². The number of carbonyl (C=O) groups excluding carboxylic acids is 2. The third-order valence-electron chi connectivity index (χ3n) is 5.05. The number of nitrogens with one attached hydrogen (secondary N) is 1. The van der Waals surface area contributed by atoms with Gasteiger partial charge in [-0.1, -0.05) is 59.9 Å². The predicted octanol–water partition coefficient (Wildman–Crippen LogP) is 5.13. The van der Waals surface area contributed by atoms with Crippen molar-refractivity contribution in [1.82, 2.24) is 10.2 Å². The Morgan fingerprint density at radius 3 is 2.14 bits per heavy atom. The van der Waals surface area contributed by atoms with Crippen molar-refractivity contribution in [2.45, 2.75) is 52.2 Å². The zero-order valence-corrected chi connectivity index (χ0v) is 23.4. The molecule has 1 N–H and O–H groups in total. The molecule has 0 heterocycles. The van der Waals surface area contributed by atoms with E-state index in [4.69, 9.17) is 34.8 Å². The molecule has 192 valence electrons. The maximum Gasteiger partial charge on any atom is 0.244 e. The lowest BCUT2D eigenvalue weighted by atomic mass is 10.1. The molecule has 0 saturated carbocycles. The van der Waals surface area contributed by atoms with Crippen LogP contribution in [-0.4, -0.2) is 49.5 Å². The standard InChI is InChI=1S/C24H30Cl3N3O4S/c1-6-21(23(32)28-24(2,3)4)29(14-16-9-7-8-10-18(16)25)22(31)15-30(35(5,33)34)17-11-12-19(26)20(27)13-17/h7-13,21H,6,14-15H2,1-5H3,(H,28,32)/t21-/m1/s1. The summed E-state index contributed by atoms with van der Waals surface area (Å²) in [7, 11) is -3.88. The average molecular weight is 563 g/mol. The lowest BCUT2D eigenvalue weighted by Crippen LogP contribution is -2.55. The molecule has 2 rings (SSSR count). The average Bonchev–Trinajstić information content (AvgIpc) is 2.73. The minimum absolute atomic E-state index is 0.0214. The molecule has 11 heteroatoms. The first-order valence-corrected chi connectivity index (χ1v) is 13.9. The third-order valence-corrected chi connectivity index (χ3v) is 7.30. The van der Waals surface area contributed by atoms with Crippen LogP contribution in [0.25, 0.3) is 0 Å². The molecule has 35 heavy (non-hydrogen) atoms. The molecule has 0 aliphatic carbocycles. The second-order valence-electron chi connectivity index (χ2n) is 9.14. The van der Waals surface area contributed by atoms with E-state index >= 15 is 0 Å². The predicted molar refractivity (Wildman–Crippen MR) is 143 cm³/mol. The van der Waals surface area contributed by atoms with E-state index in [-0.39, 0.29) is 28.2 Å². The molecule has 1 atom stereocenters. The number of halogens is 3. The zero-order chi connectivity index (χ0) is 26.6. The Bertz CT molecular complexity index is 1180. The maximum atomic E-state index is 13.6. The molecule has 0 spiro atoms. The molecule has 0 aromatic heterocycles. The van der Waals surface area contributed by atoms with E-state index in [1.54, 1.807) is 31.2 Å². The summed E-state index contributed by atoms with van der Waals surface area (Å²) in [5.74, 6) is -0.918. The number of rotatable bonds is 9. The summed E-state index contributed by atoms with van der Waals surface area (Å²) < 4.78 is 26.2. The van der Waals surface area contributed by atoms with Crippen LogP contribution in [0.15, 0.2) is 42.5 Å². The van der Waals surface area contributed by atoms with Crippen molar-refractivity contribution < 1.29 is 18.0 Å². The molecule has 0 aliphatic heterocycles. The van der Waals surface area contributed by atoms with Gasteiger partial charge in [0.25, 0.3) is 0 Å². The number of sulfonamides is 1. The first-order chi connectivity index (χ1) is 16.1. The highest BCUT2D eigenvalue weighted by atomic mass is 35.5. The summed E-state index contributed by atoms with van der Waals surface area (Å²) in [5, 5.41) is 3.73. The second-order valence-corrected chi connectivity index (χ2v) is 12.3. The van der Waals surface area contributed by atoms with Gasteiger partial charge in [-0.15, -0.1) is 0 Å². The van der Waals surface area contributed by atoms with Gasteiger partial charge in [-0.25, -0.2) is 8.42 Å². The van der Waals surface area contributed by atoms with Crippen LogP contribution in [0.2, 0.25) is 15.1 Å². The quantitative estimate of drug-likeness (QED) is 0.459. The van der Waals surface area contributed by atoms with Gasteiger partial charge in [-0.2, -0.15) is 0 Å². The Kier molecular flexibility index (Phi) is 9.87. The highest BCUT2D eigenvalue weighted by molar-refractivity contribution is 7.92. The van der Waals surface area contributed by atoms with Crippen molar-refractivity contribution in [3.8, 4) is 0 Å². The Morgan fingerprint density at radius 2 is 1.63 bits per heavy atom. The van der Waals surface area contributed by atoms with Gasteiger partial charge >= 0.3 is 0 Å². The number of hydrogen-bond acceptors (Lipinski definition) is 4. The molecule has 2 aromatic rings. The smallest absolute Gasteiger partial charge is 0.244 e. The number of carbonyl (C=O) groups is 2. The van der Waals surface area contributed by atoms with Crippen molar-refractivity contribution in [3.05, 3.63) is 63.1 Å². The molecule has 0 fully saturated rings. The summed E-state index contributed by atoms with van der Waals surface area (Å²) in [6.07, 6.45) is 1.30. The molecular formula is C24H30Cl3N3O4S. The highest BCUT2D eigenvalue weighted by Crippen LogP contribution is 2.29. The van der Waals surface area contributed by atoms with Crippen LogP contribution in [-0.2, 0) is 26.2 Å². The summed E-state index contributed by atoms with van der Waals surface area (Å²) in [6.45, 7) is 6.79. The van der Waals surface area contributed by atoms with Gasteiger partial charge in [-0.3, -0.25) is 13.9 Å².